The van der Waals surface area contributed by atoms with Gasteiger partial charge in [0, 0.05) is 18.6 Å². The summed E-state index contributed by atoms with van der Waals surface area (Å²) in [6.45, 7) is -0.102. The Balaban J connectivity index is 0.00000144. The van der Waals surface area contributed by atoms with E-state index in [4.69, 9.17) is 10.8 Å². The lowest BCUT2D eigenvalue weighted by atomic mass is 9.98. The van der Waals surface area contributed by atoms with Gasteiger partial charge in [0.15, 0.2) is 0 Å². The fourth-order valence-corrected chi connectivity index (χ4v) is 1.68. The van der Waals surface area contributed by atoms with Crippen LogP contribution in [0.25, 0.3) is 0 Å². The number of aliphatic hydroxyl groups excluding tert-OH is 4. The monoisotopic (exact) mass is 213 g/mol. The highest BCUT2D eigenvalue weighted by atomic mass is 35.5. The van der Waals surface area contributed by atoms with Crippen LogP contribution >= 0.6 is 12.4 Å². The Morgan fingerprint density at radius 1 is 1.00 bits per heavy atom. The van der Waals surface area contributed by atoms with Crippen LogP contribution in [0.2, 0.25) is 0 Å². The Morgan fingerprint density at radius 3 is 1.85 bits per heavy atom. The van der Waals surface area contributed by atoms with E-state index in [9.17, 15) is 15.3 Å². The van der Waals surface area contributed by atoms with Crippen LogP contribution in [0.5, 0.6) is 0 Å². The van der Waals surface area contributed by atoms with Gasteiger partial charge in [0.2, 0.25) is 0 Å². The molecule has 0 aromatic heterocycles. The van der Waals surface area contributed by atoms with Crippen molar-refractivity contribution in [2.75, 3.05) is 6.61 Å². The second-order valence-corrected chi connectivity index (χ2v) is 3.23. The third kappa shape index (κ3) is 2.31. The molecule has 1 aliphatic rings. The van der Waals surface area contributed by atoms with E-state index in [2.05, 4.69) is 0 Å². The van der Waals surface area contributed by atoms with Crippen molar-refractivity contribution in [3.05, 3.63) is 0 Å². The van der Waals surface area contributed by atoms with E-state index in [0.717, 1.165) is 0 Å². The van der Waals surface area contributed by atoms with Crippen molar-refractivity contribution < 1.29 is 20.4 Å². The van der Waals surface area contributed by atoms with Gasteiger partial charge in [-0.2, -0.15) is 0 Å². The van der Waals surface area contributed by atoms with Crippen LogP contribution in [-0.2, 0) is 0 Å². The Hall–Kier alpha value is 0.0900. The fraction of sp³-hybridized carbons (Fsp3) is 1.00. The number of nitrogens with two attached hydrogens (primary N) is 1. The van der Waals surface area contributed by atoms with Gasteiger partial charge in [-0.05, 0) is 6.42 Å². The van der Waals surface area contributed by atoms with E-state index in [1.807, 2.05) is 0 Å². The Labute approximate surface area is 82.6 Å². The number of hydrogen-bond donors (Lipinski definition) is 5. The molecule has 1 aliphatic carbocycles. The quantitative estimate of drug-likeness (QED) is 0.359. The smallest absolute Gasteiger partial charge is 0.108 e. The molecule has 5 atom stereocenters. The maximum atomic E-state index is 9.33. The summed E-state index contributed by atoms with van der Waals surface area (Å²) in [6, 6.07) is -0.651. The highest BCUT2D eigenvalue weighted by molar-refractivity contribution is 5.85. The van der Waals surface area contributed by atoms with E-state index in [1.54, 1.807) is 0 Å². The molecule has 80 valence electrons. The summed E-state index contributed by atoms with van der Waals surface area (Å²) >= 11 is 0. The zero-order valence-corrected chi connectivity index (χ0v) is 7.89. The summed E-state index contributed by atoms with van der Waals surface area (Å²) in [6.07, 6.45) is -2.99. The highest BCUT2D eigenvalue weighted by Crippen LogP contribution is 2.28. The van der Waals surface area contributed by atoms with Crippen LogP contribution in [0, 0.1) is 5.92 Å². The lowest BCUT2D eigenvalue weighted by Gasteiger charge is -2.17. The van der Waals surface area contributed by atoms with Crippen molar-refractivity contribution >= 4 is 12.4 Å². The lowest BCUT2D eigenvalue weighted by molar-refractivity contribution is -0.0282. The first kappa shape index (κ1) is 13.1. The summed E-state index contributed by atoms with van der Waals surface area (Å²) in [5.74, 6) is -0.417. The van der Waals surface area contributed by atoms with Crippen LogP contribution in [0.4, 0.5) is 0 Å². The second-order valence-electron chi connectivity index (χ2n) is 3.23. The van der Waals surface area contributed by atoms with Gasteiger partial charge in [-0.3, -0.25) is 0 Å². The highest BCUT2D eigenvalue weighted by Gasteiger charge is 2.46. The van der Waals surface area contributed by atoms with Gasteiger partial charge in [-0.1, -0.05) is 0 Å². The minimum atomic E-state index is -1.18. The molecule has 1 rings (SSSR count). The molecule has 1 saturated carbocycles. The molecule has 1 fully saturated rings. The molecule has 0 aliphatic heterocycles. The summed E-state index contributed by atoms with van der Waals surface area (Å²) in [4.78, 5) is 0. The maximum Gasteiger partial charge on any atom is 0.108 e. The van der Waals surface area contributed by atoms with Gasteiger partial charge < -0.3 is 26.2 Å². The summed E-state index contributed by atoms with van der Waals surface area (Å²) in [5, 5.41) is 36.3. The van der Waals surface area contributed by atoms with Crippen molar-refractivity contribution in [1.29, 1.82) is 0 Å². The standard InChI is InChI=1S/C7H15NO4.ClH/c8-4-3(1-2-9)5(10)7(12)6(4)11;/h3-7,9-12H,1-2,8H2;1H/t3-,4-,5-,6-,7+;/m0./s1. The molecule has 6 N–H and O–H groups in total. The van der Waals surface area contributed by atoms with Crippen molar-refractivity contribution in [2.24, 2.45) is 11.7 Å². The van der Waals surface area contributed by atoms with Gasteiger partial charge in [0.25, 0.3) is 0 Å². The zero-order valence-electron chi connectivity index (χ0n) is 7.08. The van der Waals surface area contributed by atoms with Crippen molar-refractivity contribution in [3.63, 3.8) is 0 Å². The number of rotatable bonds is 2. The Bertz CT molecular complexity index is 145. The first-order chi connectivity index (χ1) is 5.59. The summed E-state index contributed by atoms with van der Waals surface area (Å²) in [5.41, 5.74) is 5.51. The first-order valence-electron chi connectivity index (χ1n) is 4.00. The van der Waals surface area contributed by atoms with Gasteiger partial charge in [0.05, 0.1) is 12.2 Å². The molecule has 0 radical (unpaired) electrons. The molecule has 5 nitrogen and oxygen atoms in total. The maximum absolute atomic E-state index is 9.33. The second kappa shape index (κ2) is 5.09. The van der Waals surface area contributed by atoms with E-state index >= 15 is 0 Å². The summed E-state index contributed by atoms with van der Waals surface area (Å²) in [7, 11) is 0. The molecule has 0 heterocycles. The minimum absolute atomic E-state index is 0. The summed E-state index contributed by atoms with van der Waals surface area (Å²) < 4.78 is 0. The van der Waals surface area contributed by atoms with E-state index in [-0.39, 0.29) is 19.0 Å². The molecule has 0 aromatic carbocycles. The van der Waals surface area contributed by atoms with Crippen LogP contribution < -0.4 is 5.73 Å². The fourth-order valence-electron chi connectivity index (χ4n) is 1.68. The predicted octanol–water partition coefficient (Wildman–Crippen LogP) is -2.17. The molecule has 0 bridgehead atoms. The molecular weight excluding hydrogens is 198 g/mol. The van der Waals surface area contributed by atoms with Crippen molar-refractivity contribution in [3.8, 4) is 0 Å². The average molecular weight is 214 g/mol. The van der Waals surface area contributed by atoms with Gasteiger partial charge in [0.1, 0.15) is 6.10 Å². The van der Waals surface area contributed by atoms with E-state index in [0.29, 0.717) is 6.42 Å². The van der Waals surface area contributed by atoms with Gasteiger partial charge >= 0.3 is 0 Å². The largest absolute Gasteiger partial charge is 0.396 e. The third-order valence-corrected chi connectivity index (χ3v) is 2.49. The Kier molecular flexibility index (Phi) is 5.13. The molecule has 6 heteroatoms. The van der Waals surface area contributed by atoms with E-state index < -0.39 is 30.3 Å². The predicted molar refractivity (Wildman–Crippen MR) is 48.4 cm³/mol. The van der Waals surface area contributed by atoms with Crippen LogP contribution in [0.1, 0.15) is 6.42 Å². The number of halogens is 1. The first-order valence-corrected chi connectivity index (χ1v) is 4.00. The van der Waals surface area contributed by atoms with Crippen LogP contribution in [-0.4, -0.2) is 51.4 Å². The topological polar surface area (TPSA) is 107 Å². The van der Waals surface area contributed by atoms with Crippen molar-refractivity contribution in [1.82, 2.24) is 0 Å². The number of hydrogen-bond acceptors (Lipinski definition) is 5. The molecule has 0 amide bonds. The van der Waals surface area contributed by atoms with Crippen molar-refractivity contribution in [2.45, 2.75) is 30.8 Å². The van der Waals surface area contributed by atoms with Crippen LogP contribution in [0.15, 0.2) is 0 Å². The lowest BCUT2D eigenvalue weighted by Crippen LogP contribution is -2.38. The minimum Gasteiger partial charge on any atom is -0.396 e. The molecule has 0 aromatic rings. The van der Waals surface area contributed by atoms with Gasteiger partial charge in [-0.15, -0.1) is 12.4 Å². The van der Waals surface area contributed by atoms with E-state index in [1.165, 1.54) is 0 Å². The molecule has 0 unspecified atom stereocenters. The molecule has 13 heavy (non-hydrogen) atoms. The van der Waals surface area contributed by atoms with Gasteiger partial charge in [-0.25, -0.2) is 0 Å². The Morgan fingerprint density at radius 2 is 1.54 bits per heavy atom. The third-order valence-electron chi connectivity index (χ3n) is 2.49. The molecule has 0 spiro atoms. The molecular formula is C7H16ClNO4. The zero-order chi connectivity index (χ0) is 9.30. The van der Waals surface area contributed by atoms with Crippen LogP contribution in [0.3, 0.4) is 0 Å². The number of aliphatic hydroxyl groups is 4. The molecule has 0 saturated heterocycles. The average Bonchev–Trinajstić information content (AvgIpc) is 2.23. The normalized spacial score (nSPS) is 44.5. The SMILES string of the molecule is Cl.N[C@@H]1[C@H](O)[C@H](O)[C@@H](O)[C@H]1CCO.